The van der Waals surface area contributed by atoms with E-state index in [9.17, 15) is 8.78 Å². The van der Waals surface area contributed by atoms with Gasteiger partial charge in [0.05, 0.1) is 23.5 Å². The van der Waals surface area contributed by atoms with Crippen LogP contribution in [0.3, 0.4) is 0 Å². The lowest BCUT2D eigenvalue weighted by molar-refractivity contribution is 0.577. The van der Waals surface area contributed by atoms with Gasteiger partial charge in [-0.25, -0.2) is 13.8 Å². The largest absolute Gasteiger partial charge is 0.323 e. The molecule has 5 heteroatoms. The molecule has 0 saturated carbocycles. The molecule has 0 atom stereocenters. The molecule has 3 aromatic rings. The molecule has 0 amide bonds. The Bertz CT molecular complexity index is 826. The first kappa shape index (κ1) is 13.3. The van der Waals surface area contributed by atoms with Gasteiger partial charge in [0.2, 0.25) is 0 Å². The van der Waals surface area contributed by atoms with Crippen LogP contribution >= 0.6 is 0 Å². The summed E-state index contributed by atoms with van der Waals surface area (Å²) < 4.78 is 28.4. The number of nitrogens with zero attached hydrogens (tertiary/aromatic N) is 3. The van der Waals surface area contributed by atoms with Gasteiger partial charge in [0.1, 0.15) is 17.5 Å². The van der Waals surface area contributed by atoms with Crippen molar-refractivity contribution in [2.75, 3.05) is 0 Å². The van der Waals surface area contributed by atoms with E-state index in [-0.39, 0.29) is 13.0 Å². The smallest absolute Gasteiger partial charge is 0.126 e. The molecule has 104 valence electrons. The van der Waals surface area contributed by atoms with Gasteiger partial charge in [-0.15, -0.1) is 0 Å². The van der Waals surface area contributed by atoms with Crippen molar-refractivity contribution in [2.24, 2.45) is 0 Å². The summed E-state index contributed by atoms with van der Waals surface area (Å²) in [5.41, 5.74) is 2.10. The number of imidazole rings is 1. The normalized spacial score (nSPS) is 10.7. The fraction of sp³-hybridized carbons (Fsp3) is 0.125. The zero-order valence-corrected chi connectivity index (χ0v) is 11.1. The van der Waals surface area contributed by atoms with Crippen LogP contribution in [0.1, 0.15) is 11.4 Å². The van der Waals surface area contributed by atoms with Gasteiger partial charge < -0.3 is 4.57 Å². The zero-order valence-electron chi connectivity index (χ0n) is 11.1. The van der Waals surface area contributed by atoms with E-state index >= 15 is 0 Å². The summed E-state index contributed by atoms with van der Waals surface area (Å²) in [6.07, 6.45) is 0.145. The van der Waals surface area contributed by atoms with Gasteiger partial charge in [-0.1, -0.05) is 12.1 Å². The zero-order chi connectivity index (χ0) is 14.8. The summed E-state index contributed by atoms with van der Waals surface area (Å²) in [4.78, 5) is 4.40. The Morgan fingerprint density at radius 2 is 1.81 bits per heavy atom. The van der Waals surface area contributed by atoms with Crippen molar-refractivity contribution < 1.29 is 8.78 Å². The molecule has 1 aromatic heterocycles. The van der Waals surface area contributed by atoms with Gasteiger partial charge in [0.15, 0.2) is 0 Å². The van der Waals surface area contributed by atoms with Crippen LogP contribution in [-0.2, 0) is 13.0 Å². The van der Waals surface area contributed by atoms with Crippen molar-refractivity contribution in [1.29, 1.82) is 5.26 Å². The minimum Gasteiger partial charge on any atom is -0.323 e. The van der Waals surface area contributed by atoms with Crippen molar-refractivity contribution in [1.82, 2.24) is 9.55 Å². The van der Waals surface area contributed by atoms with E-state index in [4.69, 9.17) is 5.26 Å². The summed E-state index contributed by atoms with van der Waals surface area (Å²) in [7, 11) is 0. The fourth-order valence-electron chi connectivity index (χ4n) is 2.39. The molecule has 1 heterocycles. The molecule has 3 nitrogen and oxygen atoms in total. The van der Waals surface area contributed by atoms with Crippen LogP contribution in [0.15, 0.2) is 42.5 Å². The number of halogens is 2. The Morgan fingerprint density at radius 1 is 1.10 bits per heavy atom. The molecule has 0 saturated heterocycles. The number of nitriles is 1. The van der Waals surface area contributed by atoms with Crippen LogP contribution in [0.2, 0.25) is 0 Å². The second kappa shape index (κ2) is 5.33. The summed E-state index contributed by atoms with van der Waals surface area (Å²) in [6, 6.07) is 12.9. The van der Waals surface area contributed by atoms with Gasteiger partial charge in [0, 0.05) is 12.6 Å². The van der Waals surface area contributed by atoms with E-state index in [1.165, 1.54) is 12.1 Å². The number of hydrogen-bond acceptors (Lipinski definition) is 2. The highest BCUT2D eigenvalue weighted by Crippen LogP contribution is 2.19. The third-order valence-corrected chi connectivity index (χ3v) is 3.23. The SMILES string of the molecule is N#CCc1nc2ccccc2n1Cc1cc(F)cc(F)c1. The van der Waals surface area contributed by atoms with Crippen molar-refractivity contribution >= 4 is 11.0 Å². The molecule has 0 spiro atoms. The number of aromatic nitrogens is 2. The number of benzene rings is 2. The maximum Gasteiger partial charge on any atom is 0.126 e. The van der Waals surface area contributed by atoms with Gasteiger partial charge in [0.25, 0.3) is 0 Å². The van der Waals surface area contributed by atoms with Crippen molar-refractivity contribution in [3.05, 3.63) is 65.5 Å². The van der Waals surface area contributed by atoms with E-state index in [1.54, 1.807) is 0 Å². The van der Waals surface area contributed by atoms with Crippen LogP contribution in [0.4, 0.5) is 8.78 Å². The molecule has 21 heavy (non-hydrogen) atoms. The van der Waals surface area contributed by atoms with E-state index in [0.29, 0.717) is 11.4 Å². The van der Waals surface area contributed by atoms with Crippen LogP contribution in [0.5, 0.6) is 0 Å². The first-order chi connectivity index (χ1) is 10.2. The molecule has 0 bridgehead atoms. The highest BCUT2D eigenvalue weighted by atomic mass is 19.1. The predicted molar refractivity (Wildman–Crippen MR) is 74.5 cm³/mol. The van der Waals surface area contributed by atoms with E-state index < -0.39 is 11.6 Å². The summed E-state index contributed by atoms with van der Waals surface area (Å²) in [5.74, 6) is -0.643. The molecular weight excluding hydrogens is 272 g/mol. The van der Waals surface area contributed by atoms with Crippen LogP contribution in [0, 0.1) is 23.0 Å². The van der Waals surface area contributed by atoms with Crippen LogP contribution in [-0.4, -0.2) is 9.55 Å². The number of fused-ring (bicyclic) bond motifs is 1. The topological polar surface area (TPSA) is 41.6 Å². The van der Waals surface area contributed by atoms with Gasteiger partial charge in [-0.05, 0) is 29.8 Å². The fourth-order valence-corrected chi connectivity index (χ4v) is 2.39. The summed E-state index contributed by atoms with van der Waals surface area (Å²) in [6.45, 7) is 0.270. The molecule has 0 aliphatic heterocycles. The average Bonchev–Trinajstić information content (AvgIpc) is 2.76. The maximum absolute atomic E-state index is 13.3. The monoisotopic (exact) mass is 283 g/mol. The lowest BCUT2D eigenvalue weighted by Gasteiger charge is -2.08. The third kappa shape index (κ3) is 2.61. The van der Waals surface area contributed by atoms with E-state index in [2.05, 4.69) is 11.1 Å². The minimum atomic E-state index is -0.615. The van der Waals surface area contributed by atoms with Gasteiger partial charge >= 0.3 is 0 Å². The Hall–Kier alpha value is -2.74. The quantitative estimate of drug-likeness (QED) is 0.739. The molecule has 3 rings (SSSR count). The predicted octanol–water partition coefficient (Wildman–Crippen LogP) is 3.43. The van der Waals surface area contributed by atoms with Crippen LogP contribution < -0.4 is 0 Å². The third-order valence-electron chi connectivity index (χ3n) is 3.23. The molecule has 0 N–H and O–H groups in total. The highest BCUT2D eigenvalue weighted by molar-refractivity contribution is 5.76. The Kier molecular flexibility index (Phi) is 3.36. The molecule has 0 aliphatic rings. The van der Waals surface area contributed by atoms with Gasteiger partial charge in [-0.3, -0.25) is 0 Å². The van der Waals surface area contributed by atoms with Crippen molar-refractivity contribution in [3.63, 3.8) is 0 Å². The standard InChI is InChI=1S/C16H11F2N3/c17-12-7-11(8-13(18)9-12)10-21-15-4-2-1-3-14(15)20-16(21)5-6-19/h1-4,7-9H,5,10H2. The second-order valence-corrected chi connectivity index (χ2v) is 4.72. The van der Waals surface area contributed by atoms with Crippen LogP contribution in [0.25, 0.3) is 11.0 Å². The molecule has 0 fully saturated rings. The number of para-hydroxylation sites is 2. The Balaban J connectivity index is 2.10. The average molecular weight is 283 g/mol. The van der Waals surface area contributed by atoms with Crippen molar-refractivity contribution in [2.45, 2.75) is 13.0 Å². The molecule has 0 radical (unpaired) electrons. The molecule has 0 aliphatic carbocycles. The maximum atomic E-state index is 13.3. The number of hydrogen-bond donors (Lipinski definition) is 0. The minimum absolute atomic E-state index is 0.145. The Morgan fingerprint density at radius 3 is 2.52 bits per heavy atom. The van der Waals surface area contributed by atoms with Gasteiger partial charge in [-0.2, -0.15) is 5.26 Å². The molecule has 0 unspecified atom stereocenters. The molecular formula is C16H11F2N3. The first-order valence-electron chi connectivity index (χ1n) is 6.43. The summed E-state index contributed by atoms with van der Waals surface area (Å²) in [5, 5.41) is 8.90. The second-order valence-electron chi connectivity index (χ2n) is 4.72. The highest BCUT2D eigenvalue weighted by Gasteiger charge is 2.11. The first-order valence-corrected chi connectivity index (χ1v) is 6.43. The van der Waals surface area contributed by atoms with E-state index in [1.807, 2.05) is 28.8 Å². The Labute approximate surface area is 120 Å². The van der Waals surface area contributed by atoms with E-state index in [0.717, 1.165) is 17.1 Å². The lowest BCUT2D eigenvalue weighted by Crippen LogP contribution is -2.05. The number of rotatable bonds is 3. The molecule has 2 aromatic carbocycles. The van der Waals surface area contributed by atoms with Crippen molar-refractivity contribution in [3.8, 4) is 6.07 Å². The summed E-state index contributed by atoms with van der Waals surface area (Å²) >= 11 is 0. The lowest BCUT2D eigenvalue weighted by atomic mass is 10.2.